The number of hydrogen-bond acceptors (Lipinski definition) is 3. The zero-order chi connectivity index (χ0) is 13.2. The molecule has 0 saturated heterocycles. The average Bonchev–Trinajstić information content (AvgIpc) is 2.25. The third-order valence-corrected chi connectivity index (χ3v) is 2.44. The topological polar surface area (TPSA) is 49.5 Å². The average molecular weight is 248 g/mol. The molecule has 6 heteroatoms. The standard InChI is InChI=1S/C11H15F3N2O/c1-16(2)7-3-4-9(11(12,13)14)8(5-7)10(17)6-15/h3-5,10,17H,6,15H2,1-2H3. The lowest BCUT2D eigenvalue weighted by molar-refractivity contribution is -0.139. The largest absolute Gasteiger partial charge is 0.416 e. The van der Waals surface area contributed by atoms with Gasteiger partial charge >= 0.3 is 6.18 Å². The molecule has 3 N–H and O–H groups in total. The number of benzene rings is 1. The number of nitrogens with two attached hydrogens (primary N) is 1. The van der Waals surface area contributed by atoms with Gasteiger partial charge in [0.15, 0.2) is 0 Å². The van der Waals surface area contributed by atoms with Gasteiger partial charge in [0.2, 0.25) is 0 Å². The molecule has 0 aromatic heterocycles. The summed E-state index contributed by atoms with van der Waals surface area (Å²) in [7, 11) is 3.42. The van der Waals surface area contributed by atoms with Crippen molar-refractivity contribution in [2.75, 3.05) is 25.5 Å². The Kier molecular flexibility index (Phi) is 4.00. The number of aliphatic hydroxyl groups is 1. The highest BCUT2D eigenvalue weighted by Gasteiger charge is 2.34. The van der Waals surface area contributed by atoms with Gasteiger partial charge in [-0.2, -0.15) is 13.2 Å². The second kappa shape index (κ2) is 4.93. The molecular formula is C11H15F3N2O. The van der Waals surface area contributed by atoms with Gasteiger partial charge in [0.1, 0.15) is 0 Å². The predicted molar refractivity (Wildman–Crippen MR) is 59.8 cm³/mol. The Balaban J connectivity index is 3.32. The smallest absolute Gasteiger partial charge is 0.387 e. The van der Waals surface area contributed by atoms with Crippen LogP contribution in [0.5, 0.6) is 0 Å². The maximum absolute atomic E-state index is 12.7. The Labute approximate surface area is 97.6 Å². The Morgan fingerprint density at radius 2 is 1.94 bits per heavy atom. The van der Waals surface area contributed by atoms with Gasteiger partial charge in [0, 0.05) is 26.3 Å². The molecule has 1 rings (SSSR count). The van der Waals surface area contributed by atoms with E-state index in [0.717, 1.165) is 6.07 Å². The van der Waals surface area contributed by atoms with Gasteiger partial charge in [-0.05, 0) is 23.8 Å². The summed E-state index contributed by atoms with van der Waals surface area (Å²) in [6, 6.07) is 3.62. The molecule has 0 aliphatic carbocycles. The molecule has 0 radical (unpaired) electrons. The van der Waals surface area contributed by atoms with Gasteiger partial charge in [-0.1, -0.05) is 0 Å². The van der Waals surface area contributed by atoms with Crippen molar-refractivity contribution in [2.45, 2.75) is 12.3 Å². The molecule has 0 heterocycles. The van der Waals surface area contributed by atoms with Crippen LogP contribution in [0.4, 0.5) is 18.9 Å². The number of aliphatic hydroxyl groups excluding tert-OH is 1. The molecule has 1 aromatic carbocycles. The summed E-state index contributed by atoms with van der Waals surface area (Å²) in [6.07, 6.45) is -5.80. The third-order valence-electron chi connectivity index (χ3n) is 2.44. The van der Waals surface area contributed by atoms with E-state index in [1.165, 1.54) is 12.1 Å². The van der Waals surface area contributed by atoms with Crippen molar-refractivity contribution in [3.8, 4) is 0 Å². The summed E-state index contributed by atoms with van der Waals surface area (Å²) < 4.78 is 38.1. The molecule has 96 valence electrons. The summed E-state index contributed by atoms with van der Waals surface area (Å²) in [4.78, 5) is 1.66. The third kappa shape index (κ3) is 3.10. The maximum atomic E-state index is 12.7. The molecule has 3 nitrogen and oxygen atoms in total. The molecule has 1 atom stereocenters. The lowest BCUT2D eigenvalue weighted by Crippen LogP contribution is -2.19. The van der Waals surface area contributed by atoms with E-state index in [0.29, 0.717) is 5.69 Å². The van der Waals surface area contributed by atoms with Crippen LogP contribution in [0.15, 0.2) is 18.2 Å². The van der Waals surface area contributed by atoms with Crippen LogP contribution < -0.4 is 10.6 Å². The van der Waals surface area contributed by atoms with Gasteiger partial charge in [-0.15, -0.1) is 0 Å². The van der Waals surface area contributed by atoms with Crippen molar-refractivity contribution >= 4 is 5.69 Å². The van der Waals surface area contributed by atoms with Gasteiger partial charge in [0.25, 0.3) is 0 Å². The van der Waals surface area contributed by atoms with E-state index in [9.17, 15) is 18.3 Å². The summed E-state index contributed by atoms with van der Waals surface area (Å²) in [5.74, 6) is 0. The molecule has 0 spiro atoms. The fraction of sp³-hybridized carbons (Fsp3) is 0.455. The first kappa shape index (κ1) is 13.8. The number of anilines is 1. The van der Waals surface area contributed by atoms with E-state index < -0.39 is 17.8 Å². The molecule has 0 amide bonds. The molecule has 0 fully saturated rings. The SMILES string of the molecule is CN(C)c1ccc(C(F)(F)F)c(C(O)CN)c1. The van der Waals surface area contributed by atoms with E-state index in [1.807, 2.05) is 0 Å². The maximum Gasteiger partial charge on any atom is 0.416 e. The zero-order valence-electron chi connectivity index (χ0n) is 9.62. The molecule has 1 unspecified atom stereocenters. The summed E-state index contributed by atoms with van der Waals surface area (Å²) >= 11 is 0. The molecule has 1 aromatic rings. The van der Waals surface area contributed by atoms with E-state index in [-0.39, 0.29) is 12.1 Å². The summed E-state index contributed by atoms with van der Waals surface area (Å²) in [6.45, 7) is -0.250. The molecule has 0 saturated carbocycles. The highest BCUT2D eigenvalue weighted by Crippen LogP contribution is 2.36. The fourth-order valence-corrected chi connectivity index (χ4v) is 1.49. The number of hydrogen-bond donors (Lipinski definition) is 2. The lowest BCUT2D eigenvalue weighted by atomic mass is 10.0. The van der Waals surface area contributed by atoms with Crippen LogP contribution >= 0.6 is 0 Å². The first-order valence-corrected chi connectivity index (χ1v) is 5.04. The molecular weight excluding hydrogens is 233 g/mol. The number of alkyl halides is 3. The first-order chi connectivity index (χ1) is 7.77. The van der Waals surface area contributed by atoms with E-state index in [2.05, 4.69) is 0 Å². The van der Waals surface area contributed by atoms with Crippen LogP contribution in [0.3, 0.4) is 0 Å². The second-order valence-corrected chi connectivity index (χ2v) is 3.92. The highest BCUT2D eigenvalue weighted by atomic mass is 19.4. The minimum absolute atomic E-state index is 0.189. The first-order valence-electron chi connectivity index (χ1n) is 5.04. The summed E-state index contributed by atoms with van der Waals surface area (Å²) in [5.41, 5.74) is 4.76. The Morgan fingerprint density at radius 1 is 1.35 bits per heavy atom. The minimum atomic E-state index is -4.49. The predicted octanol–water partition coefficient (Wildman–Crippen LogP) is 1.76. The monoisotopic (exact) mass is 248 g/mol. The van der Waals surface area contributed by atoms with E-state index in [4.69, 9.17) is 5.73 Å². The van der Waals surface area contributed by atoms with E-state index in [1.54, 1.807) is 19.0 Å². The Morgan fingerprint density at radius 3 is 2.35 bits per heavy atom. The molecule has 0 aliphatic rings. The zero-order valence-corrected chi connectivity index (χ0v) is 9.62. The molecule has 0 bridgehead atoms. The fourth-order valence-electron chi connectivity index (χ4n) is 1.49. The Hall–Kier alpha value is -1.27. The lowest BCUT2D eigenvalue weighted by Gasteiger charge is -2.20. The van der Waals surface area contributed by atoms with Crippen LogP contribution in [-0.4, -0.2) is 25.7 Å². The van der Waals surface area contributed by atoms with E-state index >= 15 is 0 Å². The van der Waals surface area contributed by atoms with Gasteiger partial charge in [-0.3, -0.25) is 0 Å². The normalized spacial score (nSPS) is 13.6. The second-order valence-electron chi connectivity index (χ2n) is 3.92. The van der Waals surface area contributed by atoms with Crippen molar-refractivity contribution in [1.82, 2.24) is 0 Å². The van der Waals surface area contributed by atoms with Crippen molar-refractivity contribution < 1.29 is 18.3 Å². The van der Waals surface area contributed by atoms with Crippen molar-refractivity contribution in [1.29, 1.82) is 0 Å². The Bertz CT molecular complexity index is 391. The number of rotatable bonds is 3. The molecule has 17 heavy (non-hydrogen) atoms. The van der Waals surface area contributed by atoms with Crippen LogP contribution in [-0.2, 0) is 6.18 Å². The van der Waals surface area contributed by atoms with Gasteiger partial charge in [0.05, 0.1) is 11.7 Å². The van der Waals surface area contributed by atoms with Crippen LogP contribution in [0.1, 0.15) is 17.2 Å². The minimum Gasteiger partial charge on any atom is -0.387 e. The molecule has 0 aliphatic heterocycles. The van der Waals surface area contributed by atoms with Gasteiger partial charge < -0.3 is 15.7 Å². The van der Waals surface area contributed by atoms with Crippen molar-refractivity contribution in [3.05, 3.63) is 29.3 Å². The van der Waals surface area contributed by atoms with Crippen molar-refractivity contribution in [2.24, 2.45) is 5.73 Å². The number of halogens is 3. The van der Waals surface area contributed by atoms with Crippen LogP contribution in [0.25, 0.3) is 0 Å². The summed E-state index contributed by atoms with van der Waals surface area (Å²) in [5, 5.41) is 9.54. The van der Waals surface area contributed by atoms with Crippen LogP contribution in [0, 0.1) is 0 Å². The van der Waals surface area contributed by atoms with Crippen molar-refractivity contribution in [3.63, 3.8) is 0 Å². The quantitative estimate of drug-likeness (QED) is 0.857. The van der Waals surface area contributed by atoms with Crippen LogP contribution in [0.2, 0.25) is 0 Å². The highest BCUT2D eigenvalue weighted by molar-refractivity contribution is 5.51. The van der Waals surface area contributed by atoms with Gasteiger partial charge in [-0.25, -0.2) is 0 Å². The number of nitrogens with zero attached hydrogens (tertiary/aromatic N) is 1.